The van der Waals surface area contributed by atoms with Crippen molar-refractivity contribution in [3.63, 3.8) is 0 Å². The van der Waals surface area contributed by atoms with Gasteiger partial charge >= 0.3 is 0 Å². The molecule has 18 heavy (non-hydrogen) atoms. The molecule has 1 nitrogen and oxygen atoms in total. The first kappa shape index (κ1) is 8.95. The SMILES string of the molecule is c1cc2c3c(csc3c1)-c1cc3[nH]ccc3cc1-2. The van der Waals surface area contributed by atoms with Crippen molar-refractivity contribution in [1.82, 2.24) is 4.98 Å². The average Bonchev–Trinajstić information content (AvgIpc) is 3.08. The van der Waals surface area contributed by atoms with Gasteiger partial charge in [-0.25, -0.2) is 0 Å². The molecular formula is C16H9NS. The van der Waals surface area contributed by atoms with Crippen LogP contribution in [0, 0.1) is 0 Å². The van der Waals surface area contributed by atoms with Gasteiger partial charge in [-0.1, -0.05) is 12.1 Å². The Hall–Kier alpha value is -2.06. The van der Waals surface area contributed by atoms with Gasteiger partial charge in [0.1, 0.15) is 0 Å². The first-order chi connectivity index (χ1) is 8.92. The van der Waals surface area contributed by atoms with Crippen LogP contribution in [0.15, 0.2) is 48.0 Å². The number of fused-ring (bicyclic) bond motifs is 4. The van der Waals surface area contributed by atoms with Crippen LogP contribution in [-0.2, 0) is 0 Å². The summed E-state index contributed by atoms with van der Waals surface area (Å²) >= 11 is 1.84. The van der Waals surface area contributed by atoms with Gasteiger partial charge in [0.05, 0.1) is 0 Å². The molecule has 0 fully saturated rings. The molecule has 84 valence electrons. The molecule has 0 spiro atoms. The van der Waals surface area contributed by atoms with Crippen molar-refractivity contribution in [3.8, 4) is 22.3 Å². The number of thiophene rings is 1. The molecule has 2 aromatic carbocycles. The monoisotopic (exact) mass is 247 g/mol. The number of aromatic nitrogens is 1. The van der Waals surface area contributed by atoms with Gasteiger partial charge in [-0.15, -0.1) is 11.3 Å². The van der Waals surface area contributed by atoms with Gasteiger partial charge in [0.2, 0.25) is 0 Å². The number of H-pyrrole nitrogens is 1. The lowest BCUT2D eigenvalue weighted by atomic mass is 10.0. The smallest absolute Gasteiger partial charge is 0.0460 e. The maximum atomic E-state index is 3.30. The molecular weight excluding hydrogens is 238 g/mol. The summed E-state index contributed by atoms with van der Waals surface area (Å²) in [5.41, 5.74) is 6.77. The standard InChI is InChI=1S/C16H9NS/c1-2-10-11-6-9-4-5-17-14(9)7-12(11)13-8-18-15(3-1)16(10)13/h1-8,17H. The van der Waals surface area contributed by atoms with Crippen molar-refractivity contribution < 1.29 is 0 Å². The van der Waals surface area contributed by atoms with E-state index in [4.69, 9.17) is 0 Å². The van der Waals surface area contributed by atoms with E-state index >= 15 is 0 Å². The van der Waals surface area contributed by atoms with E-state index in [0.29, 0.717) is 0 Å². The van der Waals surface area contributed by atoms with Crippen LogP contribution in [0.3, 0.4) is 0 Å². The van der Waals surface area contributed by atoms with Crippen LogP contribution in [0.2, 0.25) is 0 Å². The molecule has 0 unspecified atom stereocenters. The zero-order valence-corrected chi connectivity index (χ0v) is 10.3. The Kier molecular flexibility index (Phi) is 1.41. The van der Waals surface area contributed by atoms with Gasteiger partial charge in [0.15, 0.2) is 0 Å². The van der Waals surface area contributed by atoms with Crippen LogP contribution in [-0.4, -0.2) is 4.98 Å². The molecule has 0 saturated heterocycles. The third kappa shape index (κ3) is 0.900. The van der Waals surface area contributed by atoms with Crippen LogP contribution in [0.4, 0.5) is 0 Å². The summed E-state index contributed by atoms with van der Waals surface area (Å²) in [7, 11) is 0. The predicted molar refractivity (Wildman–Crippen MR) is 78.1 cm³/mol. The minimum absolute atomic E-state index is 1.22. The van der Waals surface area contributed by atoms with E-state index in [1.165, 1.54) is 43.2 Å². The fraction of sp³-hybridized carbons (Fsp3) is 0. The van der Waals surface area contributed by atoms with E-state index in [1.807, 2.05) is 17.5 Å². The Labute approximate surface area is 108 Å². The van der Waals surface area contributed by atoms with Crippen LogP contribution in [0.25, 0.3) is 43.2 Å². The highest BCUT2D eigenvalue weighted by molar-refractivity contribution is 7.18. The van der Waals surface area contributed by atoms with Gasteiger partial charge in [-0.2, -0.15) is 0 Å². The van der Waals surface area contributed by atoms with Gasteiger partial charge in [0.25, 0.3) is 0 Å². The zero-order valence-electron chi connectivity index (χ0n) is 9.53. The highest BCUT2D eigenvalue weighted by Gasteiger charge is 2.22. The molecule has 2 heterocycles. The Bertz CT molecular complexity index is 897. The Morgan fingerprint density at radius 3 is 2.83 bits per heavy atom. The quantitative estimate of drug-likeness (QED) is 0.395. The summed E-state index contributed by atoms with van der Waals surface area (Å²) in [5, 5.41) is 5.01. The molecule has 4 aromatic rings. The molecule has 1 aliphatic carbocycles. The van der Waals surface area contributed by atoms with Gasteiger partial charge < -0.3 is 4.98 Å². The minimum Gasteiger partial charge on any atom is -0.361 e. The van der Waals surface area contributed by atoms with E-state index in [9.17, 15) is 0 Å². The van der Waals surface area contributed by atoms with Crippen molar-refractivity contribution >= 4 is 32.3 Å². The van der Waals surface area contributed by atoms with E-state index in [-0.39, 0.29) is 0 Å². The third-order valence-electron chi connectivity index (χ3n) is 3.87. The van der Waals surface area contributed by atoms with E-state index < -0.39 is 0 Å². The number of hydrogen-bond acceptors (Lipinski definition) is 1. The fourth-order valence-electron chi connectivity index (χ4n) is 3.06. The molecule has 5 rings (SSSR count). The van der Waals surface area contributed by atoms with Gasteiger partial charge in [-0.3, -0.25) is 0 Å². The first-order valence-corrected chi connectivity index (χ1v) is 6.92. The second-order valence-electron chi connectivity index (χ2n) is 4.79. The molecule has 0 amide bonds. The molecule has 0 atom stereocenters. The van der Waals surface area contributed by atoms with Crippen molar-refractivity contribution in [2.75, 3.05) is 0 Å². The number of hydrogen-bond donors (Lipinski definition) is 1. The number of rotatable bonds is 0. The largest absolute Gasteiger partial charge is 0.361 e. The number of aromatic amines is 1. The van der Waals surface area contributed by atoms with Crippen LogP contribution < -0.4 is 0 Å². The third-order valence-corrected chi connectivity index (χ3v) is 4.82. The summed E-state index contributed by atoms with van der Waals surface area (Å²) in [5.74, 6) is 0. The molecule has 1 aliphatic rings. The highest BCUT2D eigenvalue weighted by Crippen LogP contribution is 2.50. The lowest BCUT2D eigenvalue weighted by Crippen LogP contribution is -1.77. The topological polar surface area (TPSA) is 15.8 Å². The van der Waals surface area contributed by atoms with Gasteiger partial charge in [0, 0.05) is 32.7 Å². The lowest BCUT2D eigenvalue weighted by Gasteiger charge is -2.02. The lowest BCUT2D eigenvalue weighted by molar-refractivity contribution is 1.48. The molecule has 0 radical (unpaired) electrons. The Morgan fingerprint density at radius 2 is 1.83 bits per heavy atom. The predicted octanol–water partition coefficient (Wildman–Crippen LogP) is 5.03. The summed E-state index contributed by atoms with van der Waals surface area (Å²) < 4.78 is 1.39. The Balaban J connectivity index is 2.05. The van der Waals surface area contributed by atoms with E-state index in [0.717, 1.165) is 0 Å². The van der Waals surface area contributed by atoms with Crippen LogP contribution >= 0.6 is 11.3 Å². The second-order valence-corrected chi connectivity index (χ2v) is 5.70. The minimum atomic E-state index is 1.22. The first-order valence-electron chi connectivity index (χ1n) is 6.04. The summed E-state index contributed by atoms with van der Waals surface area (Å²) in [6.07, 6.45) is 2.01. The summed E-state index contributed by atoms with van der Waals surface area (Å²) in [6, 6.07) is 13.3. The summed E-state index contributed by atoms with van der Waals surface area (Å²) in [6.45, 7) is 0. The van der Waals surface area contributed by atoms with Crippen molar-refractivity contribution in [1.29, 1.82) is 0 Å². The fourth-order valence-corrected chi connectivity index (χ4v) is 4.04. The highest BCUT2D eigenvalue weighted by atomic mass is 32.1. The van der Waals surface area contributed by atoms with Crippen LogP contribution in [0.1, 0.15) is 0 Å². The maximum absolute atomic E-state index is 3.30. The molecule has 0 aliphatic heterocycles. The van der Waals surface area contributed by atoms with Gasteiger partial charge in [-0.05, 0) is 46.3 Å². The maximum Gasteiger partial charge on any atom is 0.0460 e. The molecule has 1 N–H and O–H groups in total. The molecule has 0 saturated carbocycles. The van der Waals surface area contributed by atoms with Crippen molar-refractivity contribution in [2.45, 2.75) is 0 Å². The number of benzene rings is 2. The average molecular weight is 247 g/mol. The summed E-state index contributed by atoms with van der Waals surface area (Å²) in [4.78, 5) is 3.30. The van der Waals surface area contributed by atoms with Crippen LogP contribution in [0.5, 0.6) is 0 Å². The molecule has 0 bridgehead atoms. The molecule has 2 aromatic heterocycles. The zero-order chi connectivity index (χ0) is 11.7. The Morgan fingerprint density at radius 1 is 0.889 bits per heavy atom. The normalized spacial score (nSPS) is 12.4. The second kappa shape index (κ2) is 2.85. The molecule has 2 heteroatoms. The van der Waals surface area contributed by atoms with E-state index in [1.54, 1.807) is 0 Å². The van der Waals surface area contributed by atoms with E-state index in [2.05, 4.69) is 46.8 Å². The van der Waals surface area contributed by atoms with Crippen molar-refractivity contribution in [3.05, 3.63) is 48.0 Å². The van der Waals surface area contributed by atoms with Crippen molar-refractivity contribution in [2.24, 2.45) is 0 Å². The number of nitrogens with one attached hydrogen (secondary N) is 1.